The Morgan fingerprint density at radius 2 is 1.70 bits per heavy atom. The number of anilines is 1. The summed E-state index contributed by atoms with van der Waals surface area (Å²) in [6.45, 7) is 6.84. The molecule has 0 radical (unpaired) electrons. The molecule has 0 spiro atoms. The van der Waals surface area contributed by atoms with Crippen molar-refractivity contribution in [1.29, 1.82) is 0 Å². The molecule has 3 aromatic rings. The highest BCUT2D eigenvalue weighted by Gasteiger charge is 2.25. The number of halogens is 2. The van der Waals surface area contributed by atoms with Gasteiger partial charge in [-0.05, 0) is 41.8 Å². The average molecular weight is 513 g/mol. The molecule has 0 aliphatic rings. The lowest BCUT2D eigenvalue weighted by Gasteiger charge is -2.27. The van der Waals surface area contributed by atoms with E-state index < -0.39 is 10.0 Å². The maximum atomic E-state index is 11.2. The number of nitrogens with zero attached hydrogens (tertiary/aromatic N) is 1. The zero-order valence-electron chi connectivity index (χ0n) is 18.8. The van der Waals surface area contributed by atoms with E-state index in [1.807, 2.05) is 43.3 Å². The molecule has 33 heavy (non-hydrogen) atoms. The number of rotatable bonds is 10. The van der Waals surface area contributed by atoms with Crippen molar-refractivity contribution in [1.82, 2.24) is 4.98 Å². The predicted octanol–water partition coefficient (Wildman–Crippen LogP) is 6.05. The van der Waals surface area contributed by atoms with Crippen molar-refractivity contribution in [2.24, 2.45) is 0 Å². The first kappa shape index (κ1) is 25.2. The first-order valence-corrected chi connectivity index (χ1v) is 12.9. The molecule has 0 bridgehead atoms. The summed E-state index contributed by atoms with van der Waals surface area (Å²) in [6.07, 6.45) is 3.29. The van der Waals surface area contributed by atoms with Crippen LogP contribution in [-0.2, 0) is 22.0 Å². The predicted molar refractivity (Wildman–Crippen MR) is 130 cm³/mol. The van der Waals surface area contributed by atoms with Crippen LogP contribution >= 0.6 is 23.2 Å². The summed E-state index contributed by atoms with van der Waals surface area (Å²) in [5.74, 6) is 1.52. The fraction of sp³-hybridized carbons (Fsp3) is 0.348. The Morgan fingerprint density at radius 1 is 1.06 bits per heavy atom. The fourth-order valence-electron chi connectivity index (χ4n) is 3.13. The van der Waals surface area contributed by atoms with Crippen molar-refractivity contribution in [3.8, 4) is 11.5 Å². The van der Waals surface area contributed by atoms with Crippen LogP contribution in [0.3, 0.4) is 0 Å². The smallest absolute Gasteiger partial charge is 0.308 e. The number of nitrogens with one attached hydrogen (secondary N) is 1. The Kier molecular flexibility index (Phi) is 7.82. The van der Waals surface area contributed by atoms with Gasteiger partial charge in [-0.15, -0.1) is 0 Å². The molecule has 1 heterocycles. The molecule has 0 fully saturated rings. The lowest BCUT2D eigenvalue weighted by Crippen LogP contribution is -2.19. The molecule has 0 aliphatic heterocycles. The van der Waals surface area contributed by atoms with E-state index in [-0.39, 0.29) is 18.0 Å². The van der Waals surface area contributed by atoms with Gasteiger partial charge < -0.3 is 13.9 Å². The van der Waals surface area contributed by atoms with Crippen molar-refractivity contribution in [3.63, 3.8) is 0 Å². The Morgan fingerprint density at radius 3 is 2.27 bits per heavy atom. The van der Waals surface area contributed by atoms with Crippen LogP contribution in [0.5, 0.6) is 11.5 Å². The van der Waals surface area contributed by atoms with Crippen LogP contribution in [0.1, 0.15) is 44.1 Å². The number of hydrogen-bond donors (Lipinski definition) is 1. The monoisotopic (exact) mass is 512 g/mol. The van der Waals surface area contributed by atoms with Gasteiger partial charge in [-0.25, -0.2) is 18.1 Å². The van der Waals surface area contributed by atoms with Gasteiger partial charge in [0.15, 0.2) is 11.5 Å². The quantitative estimate of drug-likeness (QED) is 0.355. The zero-order valence-corrected chi connectivity index (χ0v) is 21.1. The van der Waals surface area contributed by atoms with Crippen molar-refractivity contribution >= 4 is 39.2 Å². The summed E-state index contributed by atoms with van der Waals surface area (Å²) in [4.78, 5) is 3.86. The molecule has 178 valence electrons. The van der Waals surface area contributed by atoms with Gasteiger partial charge in [0.1, 0.15) is 12.4 Å². The Hall–Kier alpha value is -2.42. The largest absolute Gasteiger partial charge is 0.490 e. The highest BCUT2D eigenvalue weighted by atomic mass is 35.5. The van der Waals surface area contributed by atoms with E-state index in [1.54, 1.807) is 0 Å². The van der Waals surface area contributed by atoms with Gasteiger partial charge in [-0.1, -0.05) is 56.1 Å². The van der Waals surface area contributed by atoms with Gasteiger partial charge >= 0.3 is 6.01 Å². The number of benzene rings is 2. The molecule has 7 nitrogen and oxygen atoms in total. The van der Waals surface area contributed by atoms with Crippen LogP contribution in [-0.4, -0.2) is 26.3 Å². The number of oxazole rings is 1. The van der Waals surface area contributed by atoms with E-state index in [4.69, 9.17) is 37.1 Å². The molecule has 10 heteroatoms. The second-order valence-corrected chi connectivity index (χ2v) is 10.6. The molecular formula is C23H26Cl2N2O5S. The summed E-state index contributed by atoms with van der Waals surface area (Å²) < 4.78 is 41.4. The van der Waals surface area contributed by atoms with Gasteiger partial charge in [0.2, 0.25) is 10.0 Å². The van der Waals surface area contributed by atoms with Crippen molar-refractivity contribution < 1.29 is 22.3 Å². The maximum Gasteiger partial charge on any atom is 0.308 e. The standard InChI is InChI=1S/C23H26Cl2N2O5S/c1-5-10-30-21-19(24)11-16(12-20(21)25)23(2,3)15-6-8-17(9-7-15)31-14-18-13-26-22(32-18)27-33(4,28)29/h6-9,11-13H,5,10,14H2,1-4H3,(H,26,27). The van der Waals surface area contributed by atoms with Crippen LogP contribution in [0.15, 0.2) is 47.0 Å². The molecule has 1 aromatic heterocycles. The third kappa shape index (κ3) is 6.56. The van der Waals surface area contributed by atoms with E-state index in [0.29, 0.717) is 33.9 Å². The summed E-state index contributed by atoms with van der Waals surface area (Å²) in [5.41, 5.74) is 1.64. The first-order chi connectivity index (χ1) is 15.5. The zero-order chi connectivity index (χ0) is 24.2. The first-order valence-electron chi connectivity index (χ1n) is 10.3. The van der Waals surface area contributed by atoms with E-state index in [9.17, 15) is 8.42 Å². The van der Waals surface area contributed by atoms with Crippen LogP contribution in [0, 0.1) is 0 Å². The Balaban J connectivity index is 1.70. The van der Waals surface area contributed by atoms with Gasteiger partial charge in [0, 0.05) is 5.41 Å². The van der Waals surface area contributed by atoms with E-state index >= 15 is 0 Å². The van der Waals surface area contributed by atoms with Gasteiger partial charge in [-0.2, -0.15) is 0 Å². The van der Waals surface area contributed by atoms with Crippen molar-refractivity contribution in [2.45, 2.75) is 39.2 Å². The Labute approximate surface area is 204 Å². The molecule has 0 amide bonds. The summed E-state index contributed by atoms with van der Waals surface area (Å²) >= 11 is 12.9. The topological polar surface area (TPSA) is 90.7 Å². The Bertz CT molecular complexity index is 1180. The number of hydrogen-bond acceptors (Lipinski definition) is 6. The summed E-state index contributed by atoms with van der Waals surface area (Å²) in [6, 6.07) is 11.3. The van der Waals surface area contributed by atoms with Gasteiger partial charge in [0.05, 0.1) is 29.1 Å². The second-order valence-electron chi connectivity index (χ2n) is 8.06. The van der Waals surface area contributed by atoms with Gasteiger partial charge in [0.25, 0.3) is 0 Å². The normalized spacial score (nSPS) is 11.9. The second kappa shape index (κ2) is 10.2. The molecule has 0 aliphatic carbocycles. The third-order valence-electron chi connectivity index (χ3n) is 4.95. The van der Waals surface area contributed by atoms with Gasteiger partial charge in [-0.3, -0.25) is 0 Å². The third-order valence-corrected chi connectivity index (χ3v) is 6.06. The van der Waals surface area contributed by atoms with Crippen LogP contribution in [0.2, 0.25) is 10.0 Å². The van der Waals surface area contributed by atoms with Crippen LogP contribution < -0.4 is 14.2 Å². The number of sulfonamides is 1. The lowest BCUT2D eigenvalue weighted by atomic mass is 9.78. The van der Waals surface area contributed by atoms with E-state index in [0.717, 1.165) is 23.8 Å². The van der Waals surface area contributed by atoms with Crippen LogP contribution in [0.25, 0.3) is 0 Å². The molecule has 0 unspecified atom stereocenters. The SMILES string of the molecule is CCCOc1c(Cl)cc(C(C)(C)c2ccc(OCc3cnc(NS(C)(=O)=O)o3)cc2)cc1Cl. The molecule has 2 aromatic carbocycles. The molecule has 0 saturated carbocycles. The fourth-order valence-corrected chi connectivity index (χ4v) is 4.14. The molecular weight excluding hydrogens is 487 g/mol. The summed E-state index contributed by atoms with van der Waals surface area (Å²) in [7, 11) is -3.46. The van der Waals surface area contributed by atoms with E-state index in [1.165, 1.54) is 6.20 Å². The van der Waals surface area contributed by atoms with Crippen molar-refractivity contribution in [3.05, 3.63) is 69.5 Å². The molecule has 3 rings (SSSR count). The number of aromatic nitrogens is 1. The average Bonchev–Trinajstić information content (AvgIpc) is 3.17. The van der Waals surface area contributed by atoms with Crippen molar-refractivity contribution in [2.75, 3.05) is 17.6 Å². The van der Waals surface area contributed by atoms with Crippen LogP contribution in [0.4, 0.5) is 6.01 Å². The number of ether oxygens (including phenoxy) is 2. The minimum Gasteiger partial charge on any atom is -0.490 e. The lowest BCUT2D eigenvalue weighted by molar-refractivity contribution is 0.272. The highest BCUT2D eigenvalue weighted by molar-refractivity contribution is 7.91. The maximum absolute atomic E-state index is 11.2. The summed E-state index contributed by atoms with van der Waals surface area (Å²) in [5, 5.41) is 0.964. The molecule has 0 saturated heterocycles. The van der Waals surface area contributed by atoms with E-state index in [2.05, 4.69) is 23.6 Å². The highest BCUT2D eigenvalue weighted by Crippen LogP contribution is 2.40. The molecule has 0 atom stereocenters. The molecule has 1 N–H and O–H groups in total. The minimum absolute atomic E-state index is 0.100. The minimum atomic E-state index is -3.46.